The van der Waals surface area contributed by atoms with Crippen molar-refractivity contribution in [2.45, 2.75) is 0 Å². The molecule has 0 amide bonds. The topological polar surface area (TPSA) is 156 Å². The van der Waals surface area contributed by atoms with Gasteiger partial charge in [0.25, 0.3) is 0 Å². The molecule has 0 aromatic rings. The van der Waals surface area contributed by atoms with Crippen LogP contribution in [0.3, 0.4) is 0 Å². The van der Waals surface area contributed by atoms with Crippen molar-refractivity contribution >= 4 is 36.4 Å². The molecule has 0 aromatic heterocycles. The van der Waals surface area contributed by atoms with Crippen LogP contribution in [0, 0.1) is 0 Å². The fraction of sp³-hybridized carbons (Fsp3) is 0. The van der Waals surface area contributed by atoms with Crippen molar-refractivity contribution in [1.29, 1.82) is 0 Å². The Labute approximate surface area is 81.8 Å². The minimum Gasteiger partial charge on any atom is -0.269 e. The Kier molecular flexibility index (Phi) is 326. The molecule has 84 valence electrons. The molecule has 0 rings (SSSR count). The van der Waals surface area contributed by atoms with Gasteiger partial charge in [-0.2, -0.15) is 0 Å². The maximum Gasteiger partial charge on any atom is -0.00297 e. The van der Waals surface area contributed by atoms with Crippen LogP contribution in [0.4, 0.5) is 14.1 Å². The van der Waals surface area contributed by atoms with Gasteiger partial charge in [0.15, 0.2) is 0 Å². The monoisotopic (exact) mass is 252 g/mol. The highest BCUT2D eigenvalue weighted by molar-refractivity contribution is 7.95. The average Bonchev–Trinajstić information content (AvgIpc) is 1.70. The third-order valence-corrected chi connectivity index (χ3v) is 0. The Bertz CT molecular complexity index is 22.8. The van der Waals surface area contributed by atoms with Gasteiger partial charge in [0.1, 0.15) is 0 Å². The predicted octanol–water partition coefficient (Wildman–Crippen LogP) is -1.14. The van der Waals surface area contributed by atoms with Gasteiger partial charge in [-0.25, -0.2) is 0 Å². The summed E-state index contributed by atoms with van der Waals surface area (Å²) in [5.41, 5.74) is 0. The van der Waals surface area contributed by atoms with Gasteiger partial charge < -0.3 is 0 Å². The minimum atomic E-state index is 0. The lowest BCUT2D eigenvalue weighted by atomic mass is 13.9. The Morgan fingerprint density at radius 2 is 0.417 bits per heavy atom. The molecule has 0 radical (unpaired) electrons. The first-order valence-electron chi connectivity index (χ1n) is 1.41. The highest BCUT2D eigenvalue weighted by Gasteiger charge is 1.29. The zero-order chi connectivity index (χ0) is 8.12. The van der Waals surface area contributed by atoms with Gasteiger partial charge in [-0.05, 0) is 36.4 Å². The van der Waals surface area contributed by atoms with E-state index < -0.39 is 0 Å². The summed E-state index contributed by atoms with van der Waals surface area (Å²) in [6.07, 6.45) is 0. The average molecular weight is 252 g/mol. The molecule has 0 bridgehead atoms. The number of hydrogen-bond donors (Lipinski definition) is 6. The Balaban J connectivity index is -0.00000001000. The van der Waals surface area contributed by atoms with Crippen molar-refractivity contribution < 1.29 is 14.1 Å². The van der Waals surface area contributed by atoms with E-state index >= 15 is 0 Å². The summed E-state index contributed by atoms with van der Waals surface area (Å²) in [6.45, 7) is 0. The summed E-state index contributed by atoms with van der Waals surface area (Å²) in [5, 5.41) is 27.3. The molecular weight excluding hydrogens is 237 g/mol. The van der Waals surface area contributed by atoms with E-state index in [2.05, 4.69) is 30.8 Å². The highest BCUT2D eigenvalue weighted by atomic mass is 32.2. The summed E-state index contributed by atoms with van der Waals surface area (Å²) in [4.78, 5) is 0. The molecule has 12 N–H and O–H groups in total. The van der Waals surface area contributed by atoms with E-state index in [0.717, 1.165) is 36.4 Å². The summed E-state index contributed by atoms with van der Waals surface area (Å²) in [6, 6.07) is 0. The maximum absolute atomic E-state index is 4.54. The zero-order valence-corrected chi connectivity index (χ0v) is 8.36. The third kappa shape index (κ3) is 2710. The quantitative estimate of drug-likeness (QED) is 0.293. The largest absolute Gasteiger partial charge is 0.269 e. The number of rotatable bonds is 0. The third-order valence-electron chi connectivity index (χ3n) is 0. The van der Waals surface area contributed by atoms with Crippen LogP contribution in [0.25, 0.3) is 0 Å². The van der Waals surface area contributed by atoms with E-state index in [-0.39, 0.29) is 14.1 Å². The first-order valence-corrected chi connectivity index (χ1v) is 4.24. The van der Waals surface area contributed by atoms with Gasteiger partial charge in [0.05, 0.1) is 0 Å². The van der Waals surface area contributed by atoms with Gasteiger partial charge >= 0.3 is 0 Å². The van der Waals surface area contributed by atoms with Gasteiger partial charge in [-0.1, -0.05) is 0 Å². The first kappa shape index (κ1) is 38.9. The van der Waals surface area contributed by atoms with Crippen LogP contribution in [0.5, 0.6) is 0 Å². The molecule has 0 spiro atoms. The summed E-state index contributed by atoms with van der Waals surface area (Å²) in [7, 11) is 0. The molecular formula is H15F3N6S3. The first-order chi connectivity index (χ1) is 4.24. The second-order valence-corrected chi connectivity index (χ2v) is 1.22. The number of halogens is 3. The zero-order valence-electron chi connectivity index (χ0n) is 5.91. The van der Waals surface area contributed by atoms with E-state index in [1.807, 2.05) is 0 Å². The second kappa shape index (κ2) is 101. The molecule has 0 saturated heterocycles. The van der Waals surface area contributed by atoms with E-state index in [0.29, 0.717) is 0 Å². The maximum atomic E-state index is 4.54. The second-order valence-electron chi connectivity index (χ2n) is 0.408. The summed E-state index contributed by atoms with van der Waals surface area (Å²) >= 11 is 2.25. The van der Waals surface area contributed by atoms with Crippen LogP contribution in [-0.2, 0) is 0 Å². The molecule has 0 heterocycles. The fourth-order valence-electron chi connectivity index (χ4n) is 0. The number of hydrogen-bond acceptors (Lipinski definition) is 9. The van der Waals surface area contributed by atoms with Crippen molar-refractivity contribution in [3.05, 3.63) is 0 Å². The molecule has 0 aliphatic rings. The molecule has 6 nitrogen and oxygen atoms in total. The lowest BCUT2D eigenvalue weighted by Crippen LogP contribution is -1.83. The van der Waals surface area contributed by atoms with Crippen molar-refractivity contribution in [2.24, 2.45) is 30.8 Å². The van der Waals surface area contributed by atoms with Crippen molar-refractivity contribution in [3.8, 4) is 0 Å². The normalized spacial score (nSPS) is 4.50. The smallest absolute Gasteiger partial charge is 0.00297 e. The molecule has 0 aromatic carbocycles. The predicted molar refractivity (Wildman–Crippen MR) is 55.4 cm³/mol. The minimum absolute atomic E-state index is 0. The Morgan fingerprint density at radius 1 is 0.417 bits per heavy atom. The number of nitrogens with two attached hydrogens (primary N) is 6. The molecule has 0 unspecified atom stereocenters. The van der Waals surface area contributed by atoms with Crippen LogP contribution in [0.2, 0.25) is 0 Å². The van der Waals surface area contributed by atoms with E-state index in [4.69, 9.17) is 0 Å². The van der Waals surface area contributed by atoms with Crippen LogP contribution in [0.1, 0.15) is 0 Å². The van der Waals surface area contributed by atoms with Crippen LogP contribution in [-0.4, -0.2) is 0 Å². The molecule has 0 fully saturated rings. The molecule has 12 heavy (non-hydrogen) atoms. The standard InChI is InChI=1S/3FH.3H4N2S/c;;;3*1-3-2/h3*1H;3*1-2H2. The molecule has 0 aliphatic heterocycles. The van der Waals surface area contributed by atoms with Crippen LogP contribution in [0.15, 0.2) is 0 Å². The summed E-state index contributed by atoms with van der Waals surface area (Å²) < 4.78 is 0. The molecule has 0 aliphatic carbocycles. The Hall–Kier alpha value is 0.600. The summed E-state index contributed by atoms with van der Waals surface area (Å²) in [5.74, 6) is 0. The van der Waals surface area contributed by atoms with Gasteiger partial charge in [-0.3, -0.25) is 44.9 Å². The molecule has 0 saturated carbocycles. The highest BCUT2D eigenvalue weighted by Crippen LogP contribution is 1.46. The van der Waals surface area contributed by atoms with Crippen molar-refractivity contribution in [3.63, 3.8) is 0 Å². The lowest BCUT2D eigenvalue weighted by molar-refractivity contribution is 1.11. The van der Waals surface area contributed by atoms with Crippen molar-refractivity contribution in [2.75, 3.05) is 0 Å². The van der Waals surface area contributed by atoms with Crippen LogP contribution >= 0.6 is 36.4 Å². The van der Waals surface area contributed by atoms with E-state index in [1.54, 1.807) is 0 Å². The fourth-order valence-corrected chi connectivity index (χ4v) is 0. The SMILES string of the molecule is F.F.F.NSN.NSN.NSN. The van der Waals surface area contributed by atoms with Crippen molar-refractivity contribution in [1.82, 2.24) is 0 Å². The van der Waals surface area contributed by atoms with E-state index in [1.165, 1.54) is 0 Å². The van der Waals surface area contributed by atoms with Crippen LogP contribution < -0.4 is 30.8 Å². The Morgan fingerprint density at radius 3 is 0.417 bits per heavy atom. The van der Waals surface area contributed by atoms with E-state index in [9.17, 15) is 0 Å². The lowest BCUT2D eigenvalue weighted by Gasteiger charge is -1.55. The molecule has 12 heteroatoms. The van der Waals surface area contributed by atoms with Gasteiger partial charge in [-0.15, -0.1) is 0 Å². The molecule has 0 atom stereocenters. The van der Waals surface area contributed by atoms with Gasteiger partial charge in [0, 0.05) is 0 Å². The van der Waals surface area contributed by atoms with Gasteiger partial charge in [0.2, 0.25) is 0 Å².